The maximum atomic E-state index is 12.7. The van der Waals surface area contributed by atoms with Gasteiger partial charge >= 0.3 is 0 Å². The third kappa shape index (κ3) is 3.29. The molecular weight excluding hydrogens is 302 g/mol. The molecule has 1 aromatic carbocycles. The molecule has 3 rings (SSSR count). The van der Waals surface area contributed by atoms with Crippen molar-refractivity contribution in [3.63, 3.8) is 0 Å². The van der Waals surface area contributed by atoms with Gasteiger partial charge in [-0.3, -0.25) is 4.79 Å². The molecule has 3 atom stereocenters. The number of hydrogen-bond donors (Lipinski definition) is 0. The second-order valence-electron chi connectivity index (χ2n) is 6.49. The first-order valence-electron chi connectivity index (χ1n) is 7.69. The summed E-state index contributed by atoms with van der Waals surface area (Å²) in [6, 6.07) is 7.83. The molecule has 0 spiro atoms. The first-order chi connectivity index (χ1) is 10.5. The van der Waals surface area contributed by atoms with Gasteiger partial charge in [0.2, 0.25) is 5.91 Å². The fourth-order valence-corrected chi connectivity index (χ4v) is 3.52. The van der Waals surface area contributed by atoms with Crippen LogP contribution in [0.4, 0.5) is 0 Å². The van der Waals surface area contributed by atoms with Crippen LogP contribution in [0.3, 0.4) is 0 Å². The van der Waals surface area contributed by atoms with Crippen LogP contribution in [0, 0.1) is 5.92 Å². The lowest BCUT2D eigenvalue weighted by molar-refractivity contribution is -0.157. The maximum absolute atomic E-state index is 12.7. The van der Waals surface area contributed by atoms with Crippen molar-refractivity contribution in [2.24, 2.45) is 5.92 Å². The minimum absolute atomic E-state index is 0.0864. The Bertz CT molecular complexity index is 561. The number of morpholine rings is 1. The lowest BCUT2D eigenvalue weighted by atomic mass is 10.0. The van der Waals surface area contributed by atoms with Gasteiger partial charge in [0.1, 0.15) is 5.60 Å². The van der Waals surface area contributed by atoms with Crippen LogP contribution >= 0.6 is 11.6 Å². The average molecular weight is 324 g/mol. The highest BCUT2D eigenvalue weighted by Gasteiger charge is 2.47. The van der Waals surface area contributed by atoms with Gasteiger partial charge in [0.15, 0.2) is 0 Å². The number of nitrogens with zero attached hydrogens (tertiary/aromatic N) is 1. The molecule has 4 nitrogen and oxygen atoms in total. The maximum Gasteiger partial charge on any atom is 0.226 e. The van der Waals surface area contributed by atoms with Crippen molar-refractivity contribution in [3.05, 3.63) is 34.9 Å². The number of carbonyl (C=O) groups excluding carboxylic acids is 1. The predicted molar refractivity (Wildman–Crippen MR) is 85.1 cm³/mol. The summed E-state index contributed by atoms with van der Waals surface area (Å²) in [5, 5.41) is 0.731. The Morgan fingerprint density at radius 3 is 3.09 bits per heavy atom. The molecule has 1 aromatic rings. The van der Waals surface area contributed by atoms with E-state index in [9.17, 15) is 4.79 Å². The Morgan fingerprint density at radius 2 is 2.36 bits per heavy atom. The fraction of sp³-hybridized carbons (Fsp3) is 0.588. The molecule has 1 saturated carbocycles. The van der Waals surface area contributed by atoms with E-state index in [1.54, 1.807) is 7.11 Å². The summed E-state index contributed by atoms with van der Waals surface area (Å²) < 4.78 is 11.0. The number of methoxy groups -OCH3 is 1. The second kappa shape index (κ2) is 6.19. The fourth-order valence-electron chi connectivity index (χ4n) is 3.32. The van der Waals surface area contributed by atoms with Crippen LogP contribution in [0.15, 0.2) is 24.3 Å². The minimum Gasteiger partial charge on any atom is -0.382 e. The Morgan fingerprint density at radius 1 is 1.55 bits per heavy atom. The van der Waals surface area contributed by atoms with Crippen molar-refractivity contribution < 1.29 is 14.3 Å². The van der Waals surface area contributed by atoms with E-state index >= 15 is 0 Å². The summed E-state index contributed by atoms with van der Waals surface area (Å²) in [5.74, 6) is 0.627. The van der Waals surface area contributed by atoms with E-state index in [2.05, 4.69) is 6.07 Å². The number of ether oxygens (including phenoxy) is 2. The zero-order chi connectivity index (χ0) is 15.7. The second-order valence-corrected chi connectivity index (χ2v) is 6.93. The van der Waals surface area contributed by atoms with E-state index in [-0.39, 0.29) is 11.8 Å². The van der Waals surface area contributed by atoms with Crippen molar-refractivity contribution in [1.29, 1.82) is 0 Å². The molecule has 0 bridgehead atoms. The molecule has 0 radical (unpaired) electrons. The number of halogens is 1. The Balaban J connectivity index is 1.63. The van der Waals surface area contributed by atoms with Crippen LogP contribution in [-0.2, 0) is 14.3 Å². The third-order valence-corrected chi connectivity index (χ3v) is 4.72. The van der Waals surface area contributed by atoms with Crippen molar-refractivity contribution in [1.82, 2.24) is 4.90 Å². The van der Waals surface area contributed by atoms with E-state index in [0.29, 0.717) is 32.2 Å². The molecule has 1 heterocycles. The summed E-state index contributed by atoms with van der Waals surface area (Å²) in [6.07, 6.45) is 0.914. The average Bonchev–Trinajstić information content (AvgIpc) is 3.27. The van der Waals surface area contributed by atoms with E-state index in [0.717, 1.165) is 11.4 Å². The SMILES string of the molecule is COCC1(C)CN(C(=O)[C@@H]2C[C@H]2c2cccc(Cl)c2)CCO1. The van der Waals surface area contributed by atoms with Crippen molar-refractivity contribution in [3.8, 4) is 0 Å². The van der Waals surface area contributed by atoms with Gasteiger partial charge in [-0.05, 0) is 37.0 Å². The number of carbonyl (C=O) groups is 1. The number of rotatable bonds is 4. The molecule has 0 aromatic heterocycles. The highest BCUT2D eigenvalue weighted by molar-refractivity contribution is 6.30. The van der Waals surface area contributed by atoms with Crippen LogP contribution in [0.1, 0.15) is 24.8 Å². The zero-order valence-corrected chi connectivity index (χ0v) is 13.8. The molecule has 5 heteroatoms. The Kier molecular flexibility index (Phi) is 4.44. The monoisotopic (exact) mass is 323 g/mol. The third-order valence-electron chi connectivity index (χ3n) is 4.48. The summed E-state index contributed by atoms with van der Waals surface area (Å²) >= 11 is 6.04. The molecular formula is C17H22ClNO3. The normalized spacial score (nSPS) is 31.1. The summed E-state index contributed by atoms with van der Waals surface area (Å²) in [7, 11) is 1.66. The Hall–Kier alpha value is -1.10. The first-order valence-corrected chi connectivity index (χ1v) is 8.07. The Labute approximate surface area is 136 Å². The number of hydrogen-bond acceptors (Lipinski definition) is 3. The number of amides is 1. The van der Waals surface area contributed by atoms with E-state index in [1.807, 2.05) is 30.0 Å². The van der Waals surface area contributed by atoms with Crippen LogP contribution in [-0.4, -0.2) is 49.8 Å². The van der Waals surface area contributed by atoms with Crippen LogP contribution in [0.25, 0.3) is 0 Å². The molecule has 2 fully saturated rings. The van der Waals surface area contributed by atoms with Gasteiger partial charge in [0.05, 0.1) is 19.8 Å². The molecule has 22 heavy (non-hydrogen) atoms. The van der Waals surface area contributed by atoms with Gasteiger partial charge in [-0.2, -0.15) is 0 Å². The van der Waals surface area contributed by atoms with Crippen molar-refractivity contribution in [2.75, 3.05) is 33.4 Å². The largest absolute Gasteiger partial charge is 0.382 e. The van der Waals surface area contributed by atoms with Gasteiger partial charge in [-0.1, -0.05) is 23.7 Å². The van der Waals surface area contributed by atoms with E-state index in [1.165, 1.54) is 5.56 Å². The van der Waals surface area contributed by atoms with Gasteiger partial charge in [-0.15, -0.1) is 0 Å². The standard InChI is InChI=1S/C17H22ClNO3/c1-17(11-21-2)10-19(6-7-22-17)16(20)15-9-14(15)12-4-3-5-13(18)8-12/h3-5,8,14-15H,6-7,9-11H2,1-2H3/t14-,15+,17?/m0/s1. The lowest BCUT2D eigenvalue weighted by Gasteiger charge is -2.40. The topological polar surface area (TPSA) is 38.8 Å². The number of benzene rings is 1. The molecule has 1 aliphatic carbocycles. The predicted octanol–water partition coefficient (Wildman–Crippen LogP) is 2.71. The summed E-state index contributed by atoms with van der Waals surface area (Å²) in [4.78, 5) is 14.6. The molecule has 0 N–H and O–H groups in total. The van der Waals surface area contributed by atoms with Crippen LogP contribution in [0.2, 0.25) is 5.02 Å². The lowest BCUT2D eigenvalue weighted by Crippen LogP contribution is -2.54. The zero-order valence-electron chi connectivity index (χ0n) is 13.0. The molecule has 1 amide bonds. The van der Waals surface area contributed by atoms with Gasteiger partial charge in [0.25, 0.3) is 0 Å². The smallest absolute Gasteiger partial charge is 0.226 e. The summed E-state index contributed by atoms with van der Waals surface area (Å²) in [6.45, 7) is 4.33. The highest BCUT2D eigenvalue weighted by atomic mass is 35.5. The molecule has 1 aliphatic heterocycles. The quantitative estimate of drug-likeness (QED) is 0.855. The van der Waals surface area contributed by atoms with Crippen molar-refractivity contribution >= 4 is 17.5 Å². The first kappa shape index (κ1) is 15.8. The highest BCUT2D eigenvalue weighted by Crippen LogP contribution is 2.49. The molecule has 1 saturated heterocycles. The van der Waals surface area contributed by atoms with Gasteiger partial charge in [0, 0.05) is 24.6 Å². The van der Waals surface area contributed by atoms with Crippen LogP contribution < -0.4 is 0 Å². The van der Waals surface area contributed by atoms with E-state index in [4.69, 9.17) is 21.1 Å². The van der Waals surface area contributed by atoms with Gasteiger partial charge in [-0.25, -0.2) is 0 Å². The van der Waals surface area contributed by atoms with Crippen molar-refractivity contribution in [2.45, 2.75) is 24.9 Å². The summed E-state index contributed by atoms with van der Waals surface area (Å²) in [5.41, 5.74) is 0.766. The van der Waals surface area contributed by atoms with E-state index < -0.39 is 5.60 Å². The van der Waals surface area contributed by atoms with Gasteiger partial charge < -0.3 is 14.4 Å². The molecule has 120 valence electrons. The molecule has 1 unspecified atom stereocenters. The minimum atomic E-state index is -0.400. The van der Waals surface area contributed by atoms with Crippen LogP contribution in [0.5, 0.6) is 0 Å². The molecule has 2 aliphatic rings.